The lowest BCUT2D eigenvalue weighted by atomic mass is 10.0. The average molecular weight is 245 g/mol. The third-order valence-corrected chi connectivity index (χ3v) is 2.72. The van der Waals surface area contributed by atoms with Crippen molar-refractivity contribution >= 4 is 17.3 Å². The van der Waals surface area contributed by atoms with E-state index >= 15 is 0 Å². The first-order valence-corrected chi connectivity index (χ1v) is 5.41. The standard InChI is InChI=1S/C11H17ClN2O2/c1-11(6-15,7-16)14-10-3-2-8(5-13)4-9(10)12/h2-4,14-16H,5-7,13H2,1H3. The number of nitrogens with two attached hydrogens (primary N) is 1. The molecule has 0 saturated carbocycles. The van der Waals surface area contributed by atoms with E-state index in [2.05, 4.69) is 5.32 Å². The van der Waals surface area contributed by atoms with E-state index in [-0.39, 0.29) is 13.2 Å². The number of benzene rings is 1. The molecule has 0 aliphatic carbocycles. The Morgan fingerprint density at radius 3 is 2.44 bits per heavy atom. The molecule has 0 unspecified atom stereocenters. The lowest BCUT2D eigenvalue weighted by Gasteiger charge is -2.28. The largest absolute Gasteiger partial charge is 0.394 e. The van der Waals surface area contributed by atoms with Crippen LogP contribution in [0.3, 0.4) is 0 Å². The van der Waals surface area contributed by atoms with E-state index in [4.69, 9.17) is 27.5 Å². The summed E-state index contributed by atoms with van der Waals surface area (Å²) >= 11 is 6.05. The molecule has 0 fully saturated rings. The monoisotopic (exact) mass is 244 g/mol. The van der Waals surface area contributed by atoms with Crippen LogP contribution in [0, 0.1) is 0 Å². The van der Waals surface area contributed by atoms with Crippen molar-refractivity contribution in [2.75, 3.05) is 18.5 Å². The maximum absolute atomic E-state index is 9.15. The van der Waals surface area contributed by atoms with Crippen molar-refractivity contribution in [2.24, 2.45) is 5.73 Å². The van der Waals surface area contributed by atoms with Gasteiger partial charge in [-0.05, 0) is 24.6 Å². The average Bonchev–Trinajstić information content (AvgIpc) is 2.31. The number of hydrogen-bond donors (Lipinski definition) is 4. The fourth-order valence-corrected chi connectivity index (χ4v) is 1.49. The number of rotatable bonds is 5. The zero-order valence-corrected chi connectivity index (χ0v) is 9.96. The molecule has 0 saturated heterocycles. The predicted molar refractivity (Wildman–Crippen MR) is 65.5 cm³/mol. The molecule has 0 bridgehead atoms. The van der Waals surface area contributed by atoms with Crippen molar-refractivity contribution in [1.29, 1.82) is 0 Å². The SMILES string of the molecule is CC(CO)(CO)Nc1ccc(CN)cc1Cl. The van der Waals surface area contributed by atoms with E-state index in [1.807, 2.05) is 6.07 Å². The van der Waals surface area contributed by atoms with Crippen molar-refractivity contribution in [2.45, 2.75) is 19.0 Å². The summed E-state index contributed by atoms with van der Waals surface area (Å²) in [4.78, 5) is 0. The second-order valence-corrected chi connectivity index (χ2v) is 4.43. The van der Waals surface area contributed by atoms with Gasteiger partial charge in [-0.1, -0.05) is 17.7 Å². The van der Waals surface area contributed by atoms with E-state index in [9.17, 15) is 0 Å². The smallest absolute Gasteiger partial charge is 0.0806 e. The summed E-state index contributed by atoms with van der Waals surface area (Å²) in [7, 11) is 0. The summed E-state index contributed by atoms with van der Waals surface area (Å²) in [5, 5.41) is 21.8. The second kappa shape index (κ2) is 5.50. The number of aliphatic hydroxyl groups excluding tert-OH is 2. The number of nitrogens with one attached hydrogen (secondary N) is 1. The van der Waals surface area contributed by atoms with Gasteiger partial charge in [0.25, 0.3) is 0 Å². The first kappa shape index (κ1) is 13.3. The molecule has 0 heterocycles. The van der Waals surface area contributed by atoms with E-state index in [1.54, 1.807) is 19.1 Å². The maximum Gasteiger partial charge on any atom is 0.0806 e. The first-order valence-electron chi connectivity index (χ1n) is 5.03. The minimum Gasteiger partial charge on any atom is -0.394 e. The number of aliphatic hydroxyl groups is 2. The minimum atomic E-state index is -0.784. The molecule has 1 aromatic rings. The number of halogens is 1. The zero-order chi connectivity index (χ0) is 12.2. The van der Waals surface area contributed by atoms with Crippen LogP contribution in [0.1, 0.15) is 12.5 Å². The summed E-state index contributed by atoms with van der Waals surface area (Å²) in [5.41, 5.74) is 6.31. The Kier molecular flexibility index (Phi) is 4.56. The van der Waals surface area contributed by atoms with Crippen molar-refractivity contribution in [3.8, 4) is 0 Å². The normalized spacial score (nSPS) is 11.6. The van der Waals surface area contributed by atoms with Crippen LogP contribution >= 0.6 is 11.6 Å². The molecule has 1 rings (SSSR count). The van der Waals surface area contributed by atoms with E-state index in [0.29, 0.717) is 17.3 Å². The second-order valence-electron chi connectivity index (χ2n) is 4.02. The molecule has 0 amide bonds. The van der Waals surface area contributed by atoms with E-state index in [0.717, 1.165) is 5.56 Å². The molecule has 0 atom stereocenters. The van der Waals surface area contributed by atoms with Crippen molar-refractivity contribution < 1.29 is 10.2 Å². The molecule has 90 valence electrons. The van der Waals surface area contributed by atoms with Crippen LogP contribution < -0.4 is 11.1 Å². The molecule has 0 aliphatic rings. The van der Waals surface area contributed by atoms with Crippen molar-refractivity contribution in [3.05, 3.63) is 28.8 Å². The topological polar surface area (TPSA) is 78.5 Å². The van der Waals surface area contributed by atoms with Gasteiger partial charge < -0.3 is 21.3 Å². The molecular formula is C11H17ClN2O2. The van der Waals surface area contributed by atoms with Crippen LogP contribution in [0.2, 0.25) is 5.02 Å². The lowest BCUT2D eigenvalue weighted by molar-refractivity contribution is 0.147. The van der Waals surface area contributed by atoms with Crippen LogP contribution in [0.15, 0.2) is 18.2 Å². The van der Waals surface area contributed by atoms with Gasteiger partial charge in [-0.2, -0.15) is 0 Å². The van der Waals surface area contributed by atoms with Gasteiger partial charge in [0.1, 0.15) is 0 Å². The fourth-order valence-electron chi connectivity index (χ4n) is 1.24. The Morgan fingerprint density at radius 2 is 2.00 bits per heavy atom. The summed E-state index contributed by atoms with van der Waals surface area (Å²) < 4.78 is 0. The Morgan fingerprint density at radius 1 is 1.38 bits per heavy atom. The van der Waals surface area contributed by atoms with Crippen LogP contribution in [0.4, 0.5) is 5.69 Å². The molecule has 0 aliphatic heterocycles. The van der Waals surface area contributed by atoms with Gasteiger partial charge >= 0.3 is 0 Å². The Labute approximate surface area is 100 Å². The van der Waals surface area contributed by atoms with Gasteiger partial charge in [-0.15, -0.1) is 0 Å². The third-order valence-electron chi connectivity index (χ3n) is 2.40. The lowest BCUT2D eigenvalue weighted by Crippen LogP contribution is -2.42. The molecule has 5 N–H and O–H groups in total. The van der Waals surface area contributed by atoms with Crippen LogP contribution in [-0.4, -0.2) is 29.0 Å². The van der Waals surface area contributed by atoms with Crippen molar-refractivity contribution in [3.63, 3.8) is 0 Å². The van der Waals surface area contributed by atoms with Crippen molar-refractivity contribution in [1.82, 2.24) is 0 Å². The highest BCUT2D eigenvalue weighted by atomic mass is 35.5. The molecule has 0 radical (unpaired) electrons. The number of hydrogen-bond acceptors (Lipinski definition) is 4. The summed E-state index contributed by atoms with van der Waals surface area (Å²) in [5.74, 6) is 0. The highest BCUT2D eigenvalue weighted by molar-refractivity contribution is 6.33. The first-order chi connectivity index (χ1) is 7.54. The zero-order valence-electron chi connectivity index (χ0n) is 9.20. The maximum atomic E-state index is 9.15. The predicted octanol–water partition coefficient (Wildman–Crippen LogP) is 0.954. The van der Waals surface area contributed by atoms with Gasteiger partial charge in [-0.3, -0.25) is 0 Å². The summed E-state index contributed by atoms with van der Waals surface area (Å²) in [6.45, 7) is 1.77. The Hall–Kier alpha value is -0.810. The Balaban J connectivity index is 2.89. The molecular weight excluding hydrogens is 228 g/mol. The molecule has 0 aromatic heterocycles. The Bertz CT molecular complexity index is 354. The molecule has 4 nitrogen and oxygen atoms in total. The quantitative estimate of drug-likeness (QED) is 0.622. The molecule has 1 aromatic carbocycles. The van der Waals surface area contributed by atoms with Gasteiger partial charge in [0.2, 0.25) is 0 Å². The van der Waals surface area contributed by atoms with Gasteiger partial charge in [0.15, 0.2) is 0 Å². The summed E-state index contributed by atoms with van der Waals surface area (Å²) in [6, 6.07) is 5.40. The fraction of sp³-hybridized carbons (Fsp3) is 0.455. The van der Waals surface area contributed by atoms with Crippen LogP contribution in [0.5, 0.6) is 0 Å². The molecule has 0 spiro atoms. The van der Waals surface area contributed by atoms with E-state index in [1.165, 1.54) is 0 Å². The van der Waals surface area contributed by atoms with Gasteiger partial charge in [0.05, 0.1) is 29.5 Å². The van der Waals surface area contributed by atoms with Gasteiger partial charge in [0, 0.05) is 6.54 Å². The third kappa shape index (κ3) is 3.09. The van der Waals surface area contributed by atoms with Gasteiger partial charge in [-0.25, -0.2) is 0 Å². The highest BCUT2D eigenvalue weighted by Gasteiger charge is 2.22. The summed E-state index contributed by atoms with van der Waals surface area (Å²) in [6.07, 6.45) is 0. The minimum absolute atomic E-state index is 0.182. The number of anilines is 1. The molecule has 5 heteroatoms. The van der Waals surface area contributed by atoms with Crippen LogP contribution in [-0.2, 0) is 6.54 Å². The van der Waals surface area contributed by atoms with Crippen LogP contribution in [0.25, 0.3) is 0 Å². The molecule has 16 heavy (non-hydrogen) atoms. The highest BCUT2D eigenvalue weighted by Crippen LogP contribution is 2.25. The van der Waals surface area contributed by atoms with E-state index < -0.39 is 5.54 Å².